The number of hydrogen-bond donors (Lipinski definition) is 1. The normalized spacial score (nSPS) is 11.5. The van der Waals surface area contributed by atoms with Gasteiger partial charge >= 0.3 is 12.3 Å². The smallest absolute Gasteiger partial charge is 0.412 e. The van der Waals surface area contributed by atoms with Gasteiger partial charge in [0.1, 0.15) is 11.4 Å². The Morgan fingerprint density at radius 3 is 2.65 bits per heavy atom. The number of nitrogens with one attached hydrogen (secondary N) is 1. The minimum absolute atomic E-state index is 0.102. The number of amides is 1. The Morgan fingerprint density at radius 2 is 1.88 bits per heavy atom. The number of halogens is 4. The third kappa shape index (κ3) is 7.61. The number of aromatic nitrogens is 4. The first-order valence-electron chi connectivity index (χ1n) is 12.7. The zero-order valence-electron chi connectivity index (χ0n) is 21.7. The Bertz CT molecular complexity index is 1500. The second-order valence-corrected chi connectivity index (χ2v) is 9.18. The van der Waals surface area contributed by atoms with Crippen LogP contribution in [0, 0.1) is 5.82 Å². The Kier molecular flexibility index (Phi) is 9.08. The standard InChI is InChI=1S/C28H27F4N5O3/c1-2-3-4-12-40-27(39)36-26-22(29)16-34-25(35-26)20-9-11-37-23(17-33-24(37)15-20)19-7-5-6-18(13-19)14-21(38)8-10-28(30,31)32/h5-7,9,11,13,15-17H,2-4,8,10,12,14H2,1H3,(H,34,35,36,39). The number of hydrogen-bond acceptors (Lipinski definition) is 6. The van der Waals surface area contributed by atoms with Crippen LogP contribution in [-0.4, -0.2) is 44.0 Å². The summed E-state index contributed by atoms with van der Waals surface area (Å²) in [5.74, 6) is -1.45. The van der Waals surface area contributed by atoms with Crippen LogP contribution < -0.4 is 5.32 Å². The summed E-state index contributed by atoms with van der Waals surface area (Å²) in [6.45, 7) is 2.24. The van der Waals surface area contributed by atoms with E-state index >= 15 is 0 Å². The van der Waals surface area contributed by atoms with Crippen LogP contribution in [0.1, 0.15) is 44.6 Å². The van der Waals surface area contributed by atoms with Crippen molar-refractivity contribution < 1.29 is 31.9 Å². The Morgan fingerprint density at radius 1 is 1.05 bits per heavy atom. The molecule has 3 aromatic heterocycles. The van der Waals surface area contributed by atoms with Gasteiger partial charge in [0.05, 0.1) is 31.1 Å². The minimum Gasteiger partial charge on any atom is -0.449 e. The summed E-state index contributed by atoms with van der Waals surface area (Å²) in [6.07, 6.45) is -0.0969. The van der Waals surface area contributed by atoms with Crippen LogP contribution >= 0.6 is 0 Å². The van der Waals surface area contributed by atoms with Crippen molar-refractivity contribution in [2.24, 2.45) is 0 Å². The van der Waals surface area contributed by atoms with E-state index in [0.717, 1.165) is 24.6 Å². The Balaban J connectivity index is 1.50. The van der Waals surface area contributed by atoms with E-state index < -0.39 is 36.7 Å². The lowest BCUT2D eigenvalue weighted by molar-refractivity contribution is -0.143. The van der Waals surface area contributed by atoms with Gasteiger partial charge in [-0.3, -0.25) is 14.5 Å². The van der Waals surface area contributed by atoms with Crippen molar-refractivity contribution in [3.05, 3.63) is 66.4 Å². The molecule has 0 unspecified atom stereocenters. The van der Waals surface area contributed by atoms with E-state index in [-0.39, 0.29) is 24.7 Å². The number of carbonyl (C=O) groups excluding carboxylic acids is 2. The van der Waals surface area contributed by atoms with Crippen molar-refractivity contribution in [3.63, 3.8) is 0 Å². The zero-order valence-corrected chi connectivity index (χ0v) is 21.7. The lowest BCUT2D eigenvalue weighted by Gasteiger charge is -2.09. The molecule has 3 heterocycles. The summed E-state index contributed by atoms with van der Waals surface area (Å²) in [5, 5.41) is 2.31. The van der Waals surface area contributed by atoms with Crippen LogP contribution in [-0.2, 0) is 16.0 Å². The van der Waals surface area contributed by atoms with E-state index in [1.807, 2.05) is 13.0 Å². The molecule has 0 fully saturated rings. The molecule has 0 aliphatic rings. The lowest BCUT2D eigenvalue weighted by Crippen LogP contribution is -2.17. The van der Waals surface area contributed by atoms with E-state index in [1.54, 1.807) is 47.1 Å². The van der Waals surface area contributed by atoms with Crippen LogP contribution in [0.15, 0.2) is 55.0 Å². The summed E-state index contributed by atoms with van der Waals surface area (Å²) < 4.78 is 58.4. The minimum atomic E-state index is -4.37. The number of imidazole rings is 1. The Labute approximate surface area is 227 Å². The number of Topliss-reactive ketones (excluding diaryl/α,β-unsaturated/α-hetero) is 1. The molecule has 40 heavy (non-hydrogen) atoms. The quantitative estimate of drug-likeness (QED) is 0.161. The molecule has 0 spiro atoms. The molecule has 0 saturated carbocycles. The molecule has 0 radical (unpaired) electrons. The first-order chi connectivity index (χ1) is 19.1. The molecule has 1 amide bonds. The third-order valence-electron chi connectivity index (χ3n) is 6.03. The molecule has 0 aliphatic heterocycles. The van der Waals surface area contributed by atoms with Gasteiger partial charge in [0.15, 0.2) is 17.5 Å². The number of nitrogens with zero attached hydrogens (tertiary/aromatic N) is 4. The fraction of sp³-hybridized carbons (Fsp3) is 0.321. The van der Waals surface area contributed by atoms with Gasteiger partial charge in [-0.25, -0.2) is 24.1 Å². The molecule has 0 saturated heterocycles. The van der Waals surface area contributed by atoms with Gasteiger partial charge in [0.2, 0.25) is 0 Å². The predicted molar refractivity (Wildman–Crippen MR) is 140 cm³/mol. The summed E-state index contributed by atoms with van der Waals surface area (Å²) in [6, 6.07) is 10.4. The largest absolute Gasteiger partial charge is 0.449 e. The van der Waals surface area contributed by atoms with E-state index in [1.165, 1.54) is 0 Å². The van der Waals surface area contributed by atoms with Crippen LogP contribution in [0.5, 0.6) is 0 Å². The Hall–Kier alpha value is -4.35. The molecule has 8 nitrogen and oxygen atoms in total. The van der Waals surface area contributed by atoms with Crippen molar-refractivity contribution in [3.8, 4) is 22.6 Å². The third-order valence-corrected chi connectivity index (χ3v) is 6.03. The number of ether oxygens (including phenoxy) is 1. The van der Waals surface area contributed by atoms with Gasteiger partial charge in [0, 0.05) is 30.2 Å². The second-order valence-electron chi connectivity index (χ2n) is 9.18. The van der Waals surface area contributed by atoms with E-state index in [4.69, 9.17) is 4.74 Å². The average molecular weight is 558 g/mol. The van der Waals surface area contributed by atoms with Gasteiger partial charge in [-0.2, -0.15) is 13.2 Å². The maximum Gasteiger partial charge on any atom is 0.412 e. The molecule has 12 heteroatoms. The highest BCUT2D eigenvalue weighted by atomic mass is 19.4. The van der Waals surface area contributed by atoms with E-state index in [2.05, 4.69) is 20.3 Å². The van der Waals surface area contributed by atoms with Crippen LogP contribution in [0.4, 0.5) is 28.2 Å². The average Bonchev–Trinajstić information content (AvgIpc) is 3.34. The highest BCUT2D eigenvalue weighted by molar-refractivity contribution is 5.84. The summed E-state index contributed by atoms with van der Waals surface area (Å²) in [4.78, 5) is 36.6. The van der Waals surface area contributed by atoms with Gasteiger partial charge in [0.25, 0.3) is 0 Å². The van der Waals surface area contributed by atoms with Crippen molar-refractivity contribution in [2.45, 2.75) is 51.6 Å². The van der Waals surface area contributed by atoms with Crippen LogP contribution in [0.25, 0.3) is 28.3 Å². The molecule has 1 aromatic carbocycles. The zero-order chi connectivity index (χ0) is 28.7. The van der Waals surface area contributed by atoms with Gasteiger partial charge < -0.3 is 4.74 Å². The highest BCUT2D eigenvalue weighted by Crippen LogP contribution is 2.26. The lowest BCUT2D eigenvalue weighted by atomic mass is 10.0. The first kappa shape index (κ1) is 28.7. The van der Waals surface area contributed by atoms with Crippen molar-refractivity contribution in [1.82, 2.24) is 19.4 Å². The first-order valence-corrected chi connectivity index (χ1v) is 12.7. The molecule has 1 N–H and O–H groups in total. The summed E-state index contributed by atoms with van der Waals surface area (Å²) in [5.41, 5.74) is 3.06. The number of benzene rings is 1. The van der Waals surface area contributed by atoms with Gasteiger partial charge in [-0.15, -0.1) is 0 Å². The number of rotatable bonds is 11. The van der Waals surface area contributed by atoms with Crippen LogP contribution in [0.2, 0.25) is 0 Å². The predicted octanol–water partition coefficient (Wildman–Crippen LogP) is 6.79. The molecule has 0 aliphatic carbocycles. The number of anilines is 1. The van der Waals surface area contributed by atoms with Gasteiger partial charge in [-0.1, -0.05) is 38.0 Å². The van der Waals surface area contributed by atoms with E-state index in [0.29, 0.717) is 28.9 Å². The monoisotopic (exact) mass is 557 g/mol. The number of carbonyl (C=O) groups is 2. The van der Waals surface area contributed by atoms with Crippen molar-refractivity contribution >= 4 is 23.3 Å². The highest BCUT2D eigenvalue weighted by Gasteiger charge is 2.27. The molecule has 4 rings (SSSR count). The molecule has 210 valence electrons. The van der Waals surface area contributed by atoms with Crippen molar-refractivity contribution in [2.75, 3.05) is 11.9 Å². The van der Waals surface area contributed by atoms with E-state index in [9.17, 15) is 27.2 Å². The number of alkyl halides is 3. The second kappa shape index (κ2) is 12.7. The summed E-state index contributed by atoms with van der Waals surface area (Å²) >= 11 is 0. The maximum atomic E-state index is 14.3. The fourth-order valence-electron chi connectivity index (χ4n) is 4.01. The van der Waals surface area contributed by atoms with Gasteiger partial charge in [-0.05, 0) is 30.2 Å². The fourth-order valence-corrected chi connectivity index (χ4v) is 4.01. The topological polar surface area (TPSA) is 98.5 Å². The molecule has 0 atom stereocenters. The number of fused-ring (bicyclic) bond motifs is 1. The SMILES string of the molecule is CCCCCOC(=O)Nc1nc(-c2ccn3c(-c4cccc(CC(=O)CCC(F)(F)F)c4)cnc3c2)ncc1F. The number of ketones is 1. The van der Waals surface area contributed by atoms with Crippen molar-refractivity contribution in [1.29, 1.82) is 0 Å². The molecule has 4 aromatic rings. The molecule has 0 bridgehead atoms. The molecular formula is C28H27F4N5O3. The molecular weight excluding hydrogens is 530 g/mol. The summed E-state index contributed by atoms with van der Waals surface area (Å²) in [7, 11) is 0. The van der Waals surface area contributed by atoms with Crippen LogP contribution in [0.3, 0.4) is 0 Å². The number of pyridine rings is 1. The number of unbranched alkanes of at least 4 members (excludes halogenated alkanes) is 2. The maximum absolute atomic E-state index is 14.3.